The van der Waals surface area contributed by atoms with E-state index in [9.17, 15) is 4.79 Å². The Morgan fingerprint density at radius 1 is 1.17 bits per heavy atom. The summed E-state index contributed by atoms with van der Waals surface area (Å²) in [5, 5.41) is 4.02. The lowest BCUT2D eigenvalue weighted by Gasteiger charge is -2.25. The Morgan fingerprint density at radius 2 is 2.04 bits per heavy atom. The molecule has 4 nitrogen and oxygen atoms in total. The third-order valence-electron chi connectivity index (χ3n) is 4.35. The molecule has 0 bridgehead atoms. The number of ether oxygens (including phenoxy) is 1. The topological polar surface area (TPSA) is 54.1 Å². The first kappa shape index (κ1) is 14.0. The average Bonchev–Trinajstić information content (AvgIpc) is 3.07. The van der Waals surface area contributed by atoms with Crippen molar-refractivity contribution in [1.29, 1.82) is 0 Å². The van der Waals surface area contributed by atoms with Gasteiger partial charge in [-0.15, -0.1) is 0 Å². The molecule has 1 amide bonds. The molecule has 0 saturated carbocycles. The van der Waals surface area contributed by atoms with Crippen molar-refractivity contribution in [2.45, 2.75) is 19.1 Å². The predicted molar refractivity (Wildman–Crippen MR) is 89.4 cm³/mol. The van der Waals surface area contributed by atoms with Crippen LogP contribution in [0.15, 0.2) is 54.7 Å². The molecule has 2 aromatic carbocycles. The molecule has 1 unspecified atom stereocenters. The molecule has 1 aromatic heterocycles. The largest absolute Gasteiger partial charge is 0.371 e. The highest BCUT2D eigenvalue weighted by atomic mass is 16.5. The molecule has 23 heavy (non-hydrogen) atoms. The molecule has 0 spiro atoms. The summed E-state index contributed by atoms with van der Waals surface area (Å²) in [4.78, 5) is 15.4. The van der Waals surface area contributed by atoms with Crippen LogP contribution in [0.2, 0.25) is 0 Å². The van der Waals surface area contributed by atoms with Crippen molar-refractivity contribution < 1.29 is 9.53 Å². The number of hydrogen-bond acceptors (Lipinski definition) is 2. The van der Waals surface area contributed by atoms with Crippen LogP contribution in [0.3, 0.4) is 0 Å². The van der Waals surface area contributed by atoms with E-state index in [2.05, 4.69) is 22.4 Å². The summed E-state index contributed by atoms with van der Waals surface area (Å²) in [5.41, 5.74) is 4.27. The van der Waals surface area contributed by atoms with Crippen LogP contribution >= 0.6 is 0 Å². The number of hydrogen-bond donors (Lipinski definition) is 2. The molecule has 0 fully saturated rings. The number of carbonyl (C=O) groups is 1. The Hall–Kier alpha value is -2.59. The summed E-state index contributed by atoms with van der Waals surface area (Å²) in [5.74, 6) is -0.0597. The Labute approximate surface area is 134 Å². The quantitative estimate of drug-likeness (QED) is 0.781. The van der Waals surface area contributed by atoms with Gasteiger partial charge >= 0.3 is 0 Å². The van der Waals surface area contributed by atoms with E-state index in [1.807, 2.05) is 42.6 Å². The van der Waals surface area contributed by atoms with Gasteiger partial charge in [0, 0.05) is 35.6 Å². The van der Waals surface area contributed by atoms with E-state index in [4.69, 9.17) is 4.74 Å². The van der Waals surface area contributed by atoms with E-state index < -0.39 is 0 Å². The molecule has 2 heterocycles. The second-order valence-corrected chi connectivity index (χ2v) is 5.90. The van der Waals surface area contributed by atoms with Crippen LogP contribution in [0.4, 0.5) is 0 Å². The summed E-state index contributed by atoms with van der Waals surface area (Å²) in [6.45, 7) is 1.14. The van der Waals surface area contributed by atoms with Gasteiger partial charge in [-0.25, -0.2) is 0 Å². The zero-order chi connectivity index (χ0) is 15.6. The number of aromatic amines is 1. The van der Waals surface area contributed by atoms with E-state index in [-0.39, 0.29) is 12.0 Å². The van der Waals surface area contributed by atoms with Crippen LogP contribution in [-0.4, -0.2) is 23.5 Å². The van der Waals surface area contributed by atoms with Crippen molar-refractivity contribution in [1.82, 2.24) is 10.3 Å². The summed E-state index contributed by atoms with van der Waals surface area (Å²) < 4.78 is 5.83. The second-order valence-electron chi connectivity index (χ2n) is 5.90. The highest BCUT2D eigenvalue weighted by Crippen LogP contribution is 2.20. The van der Waals surface area contributed by atoms with Gasteiger partial charge in [0.05, 0.1) is 12.7 Å². The molecule has 4 rings (SSSR count). The summed E-state index contributed by atoms with van der Waals surface area (Å²) in [6.07, 6.45) is 2.75. The predicted octanol–water partition coefficient (Wildman–Crippen LogP) is 3.04. The fraction of sp³-hybridized carbons (Fsp3) is 0.211. The third-order valence-corrected chi connectivity index (χ3v) is 4.35. The number of carbonyl (C=O) groups excluding carboxylic acids is 1. The van der Waals surface area contributed by atoms with Gasteiger partial charge in [0.25, 0.3) is 5.91 Å². The minimum atomic E-state index is -0.0597. The van der Waals surface area contributed by atoms with Crippen LogP contribution in [0.1, 0.15) is 21.5 Å². The fourth-order valence-corrected chi connectivity index (χ4v) is 3.04. The molecular formula is C19H18N2O2. The van der Waals surface area contributed by atoms with Crippen molar-refractivity contribution in [3.63, 3.8) is 0 Å². The SMILES string of the molecule is O=C(NCC1Cc2ccccc2CO1)c1ccc2[nH]ccc2c1. The first-order valence-electron chi connectivity index (χ1n) is 7.83. The van der Waals surface area contributed by atoms with Crippen molar-refractivity contribution in [3.8, 4) is 0 Å². The van der Waals surface area contributed by atoms with E-state index in [0.29, 0.717) is 18.7 Å². The van der Waals surface area contributed by atoms with Crippen molar-refractivity contribution in [2.24, 2.45) is 0 Å². The van der Waals surface area contributed by atoms with Crippen LogP contribution in [-0.2, 0) is 17.8 Å². The molecule has 1 aliphatic heterocycles. The first-order valence-corrected chi connectivity index (χ1v) is 7.83. The third kappa shape index (κ3) is 2.85. The number of benzene rings is 2. The lowest BCUT2D eigenvalue weighted by molar-refractivity contribution is 0.0285. The van der Waals surface area contributed by atoms with Gasteiger partial charge in [0.2, 0.25) is 0 Å². The lowest BCUT2D eigenvalue weighted by Crippen LogP contribution is -2.36. The summed E-state index contributed by atoms with van der Waals surface area (Å²) in [7, 11) is 0. The summed E-state index contributed by atoms with van der Waals surface area (Å²) >= 11 is 0. The minimum Gasteiger partial charge on any atom is -0.371 e. The molecule has 3 aromatic rings. The van der Waals surface area contributed by atoms with Gasteiger partial charge < -0.3 is 15.0 Å². The number of rotatable bonds is 3. The zero-order valence-electron chi connectivity index (χ0n) is 12.7. The number of nitrogens with one attached hydrogen (secondary N) is 2. The molecule has 4 heteroatoms. The number of aromatic nitrogens is 1. The molecule has 116 valence electrons. The normalized spacial score (nSPS) is 17.0. The lowest BCUT2D eigenvalue weighted by atomic mass is 9.99. The number of H-pyrrole nitrogens is 1. The maximum atomic E-state index is 12.3. The van der Waals surface area contributed by atoms with Crippen molar-refractivity contribution in [3.05, 3.63) is 71.4 Å². The Balaban J connectivity index is 1.40. The van der Waals surface area contributed by atoms with E-state index in [1.165, 1.54) is 11.1 Å². The molecule has 1 aliphatic rings. The summed E-state index contributed by atoms with van der Waals surface area (Å²) in [6, 6.07) is 15.9. The fourth-order valence-electron chi connectivity index (χ4n) is 3.04. The Morgan fingerprint density at radius 3 is 2.96 bits per heavy atom. The monoisotopic (exact) mass is 306 g/mol. The highest BCUT2D eigenvalue weighted by molar-refractivity contribution is 5.98. The van der Waals surface area contributed by atoms with E-state index in [0.717, 1.165) is 17.3 Å². The molecule has 0 radical (unpaired) electrons. The zero-order valence-corrected chi connectivity index (χ0v) is 12.7. The Kier molecular flexibility index (Phi) is 3.60. The smallest absolute Gasteiger partial charge is 0.251 e. The molecular weight excluding hydrogens is 288 g/mol. The van der Waals surface area contributed by atoms with Crippen molar-refractivity contribution >= 4 is 16.8 Å². The van der Waals surface area contributed by atoms with Crippen molar-refractivity contribution in [2.75, 3.05) is 6.54 Å². The number of fused-ring (bicyclic) bond motifs is 2. The molecule has 0 saturated heterocycles. The van der Waals surface area contributed by atoms with Gasteiger partial charge in [-0.3, -0.25) is 4.79 Å². The van der Waals surface area contributed by atoms with Crippen LogP contribution in [0, 0.1) is 0 Å². The van der Waals surface area contributed by atoms with Gasteiger partial charge in [-0.2, -0.15) is 0 Å². The second kappa shape index (κ2) is 5.89. The van der Waals surface area contributed by atoms with Crippen LogP contribution in [0.25, 0.3) is 10.9 Å². The highest BCUT2D eigenvalue weighted by Gasteiger charge is 2.19. The van der Waals surface area contributed by atoms with E-state index >= 15 is 0 Å². The number of amides is 1. The van der Waals surface area contributed by atoms with E-state index in [1.54, 1.807) is 0 Å². The maximum absolute atomic E-state index is 12.3. The maximum Gasteiger partial charge on any atom is 0.251 e. The van der Waals surface area contributed by atoms with Crippen LogP contribution in [0.5, 0.6) is 0 Å². The Bertz CT molecular complexity index is 853. The van der Waals surface area contributed by atoms with Gasteiger partial charge in [0.15, 0.2) is 0 Å². The molecule has 1 atom stereocenters. The standard InChI is InChI=1S/C19H18N2O2/c22-19(15-5-6-18-14(9-15)7-8-20-18)21-11-17-10-13-3-1-2-4-16(13)12-23-17/h1-9,17,20H,10-12H2,(H,21,22). The van der Waals surface area contributed by atoms with Crippen LogP contribution < -0.4 is 5.32 Å². The van der Waals surface area contributed by atoms with Gasteiger partial charge in [0.1, 0.15) is 0 Å². The van der Waals surface area contributed by atoms with Gasteiger partial charge in [-0.05, 0) is 35.4 Å². The molecule has 2 N–H and O–H groups in total. The first-order chi connectivity index (χ1) is 11.3. The molecule has 0 aliphatic carbocycles. The van der Waals surface area contributed by atoms with Gasteiger partial charge in [-0.1, -0.05) is 24.3 Å². The average molecular weight is 306 g/mol. The minimum absolute atomic E-state index is 0.0323.